The van der Waals surface area contributed by atoms with E-state index in [0.717, 1.165) is 16.9 Å². The lowest BCUT2D eigenvalue weighted by atomic mass is 10.2. The molecular formula is C23H21N5O3. The Hall–Kier alpha value is -4.20. The molecule has 2 heterocycles. The van der Waals surface area contributed by atoms with Gasteiger partial charge in [0.05, 0.1) is 14.2 Å². The molecule has 1 N–H and O–H groups in total. The monoisotopic (exact) mass is 415 g/mol. The molecule has 156 valence electrons. The van der Waals surface area contributed by atoms with Crippen LogP contribution >= 0.6 is 0 Å². The first-order valence-electron chi connectivity index (χ1n) is 9.61. The van der Waals surface area contributed by atoms with Crippen molar-refractivity contribution in [3.63, 3.8) is 0 Å². The fourth-order valence-corrected chi connectivity index (χ4v) is 2.97. The molecule has 0 unspecified atom stereocenters. The van der Waals surface area contributed by atoms with Crippen LogP contribution in [0.25, 0.3) is 11.4 Å². The second kappa shape index (κ2) is 9.08. The summed E-state index contributed by atoms with van der Waals surface area (Å²) in [4.78, 5) is 21.8. The van der Waals surface area contributed by atoms with Gasteiger partial charge < -0.3 is 14.8 Å². The Bertz CT molecular complexity index is 1160. The van der Waals surface area contributed by atoms with Crippen LogP contribution in [0, 0.1) is 0 Å². The molecule has 0 saturated heterocycles. The van der Waals surface area contributed by atoms with Crippen LogP contribution in [0.1, 0.15) is 15.9 Å². The summed E-state index contributed by atoms with van der Waals surface area (Å²) in [7, 11) is 3.20. The van der Waals surface area contributed by atoms with E-state index in [1.165, 1.54) is 4.68 Å². The molecule has 0 spiro atoms. The molecule has 0 aliphatic heterocycles. The van der Waals surface area contributed by atoms with Crippen LogP contribution in [0.4, 0.5) is 5.95 Å². The fraction of sp³-hybridized carbons (Fsp3) is 0.130. The molecule has 4 rings (SSSR count). The molecular weight excluding hydrogens is 394 g/mol. The molecule has 0 aliphatic rings. The van der Waals surface area contributed by atoms with E-state index >= 15 is 0 Å². The number of rotatable bonds is 7. The largest absolute Gasteiger partial charge is 0.497 e. The lowest BCUT2D eigenvalue weighted by Crippen LogP contribution is -2.17. The average Bonchev–Trinajstić information content (AvgIpc) is 3.27. The number of methoxy groups -OCH3 is 2. The van der Waals surface area contributed by atoms with Crippen molar-refractivity contribution in [2.45, 2.75) is 6.54 Å². The molecule has 0 aliphatic carbocycles. The molecule has 2 aromatic carbocycles. The highest BCUT2D eigenvalue weighted by Gasteiger charge is 2.19. The van der Waals surface area contributed by atoms with Crippen LogP contribution < -0.4 is 14.8 Å². The second-order valence-electron chi connectivity index (χ2n) is 6.65. The number of hydrogen-bond acceptors (Lipinski definition) is 7. The molecule has 0 bridgehead atoms. The van der Waals surface area contributed by atoms with Gasteiger partial charge in [-0.2, -0.15) is 9.67 Å². The summed E-state index contributed by atoms with van der Waals surface area (Å²) in [5.41, 5.74) is 2.20. The van der Waals surface area contributed by atoms with Gasteiger partial charge >= 0.3 is 0 Å². The summed E-state index contributed by atoms with van der Waals surface area (Å²) in [6.07, 6.45) is 3.33. The summed E-state index contributed by atoms with van der Waals surface area (Å²) in [5.74, 6) is 1.90. The Morgan fingerprint density at radius 1 is 0.968 bits per heavy atom. The van der Waals surface area contributed by atoms with Gasteiger partial charge in [-0.05, 0) is 54.1 Å². The Kier molecular flexibility index (Phi) is 5.89. The number of nitrogens with one attached hydrogen (secondary N) is 1. The molecule has 8 heteroatoms. The van der Waals surface area contributed by atoms with E-state index in [0.29, 0.717) is 29.6 Å². The zero-order valence-corrected chi connectivity index (χ0v) is 17.1. The average molecular weight is 415 g/mol. The lowest BCUT2D eigenvalue weighted by molar-refractivity contribution is 0.0947. The van der Waals surface area contributed by atoms with E-state index in [4.69, 9.17) is 9.47 Å². The van der Waals surface area contributed by atoms with Gasteiger partial charge in [-0.25, -0.2) is 0 Å². The molecule has 0 saturated carbocycles. The van der Waals surface area contributed by atoms with E-state index in [1.807, 2.05) is 30.3 Å². The first kappa shape index (κ1) is 20.1. The zero-order chi connectivity index (χ0) is 21.6. The van der Waals surface area contributed by atoms with Gasteiger partial charge in [-0.15, -0.1) is 5.10 Å². The van der Waals surface area contributed by atoms with Crippen LogP contribution in [-0.4, -0.2) is 39.9 Å². The van der Waals surface area contributed by atoms with E-state index in [9.17, 15) is 4.79 Å². The van der Waals surface area contributed by atoms with Crippen molar-refractivity contribution in [3.05, 3.63) is 84.2 Å². The first-order valence-corrected chi connectivity index (χ1v) is 9.61. The van der Waals surface area contributed by atoms with Crippen LogP contribution in [0.15, 0.2) is 73.1 Å². The highest BCUT2D eigenvalue weighted by molar-refractivity contribution is 5.97. The number of ether oxygens (including phenoxy) is 2. The van der Waals surface area contributed by atoms with Crippen molar-refractivity contribution in [3.8, 4) is 22.9 Å². The van der Waals surface area contributed by atoms with Crippen LogP contribution in [0.2, 0.25) is 0 Å². The number of benzene rings is 2. The van der Waals surface area contributed by atoms with E-state index in [-0.39, 0.29) is 5.91 Å². The number of nitrogens with zero attached hydrogens (tertiary/aromatic N) is 4. The summed E-state index contributed by atoms with van der Waals surface area (Å²) in [5, 5.41) is 7.65. The van der Waals surface area contributed by atoms with Crippen molar-refractivity contribution in [2.24, 2.45) is 0 Å². The minimum Gasteiger partial charge on any atom is -0.497 e. The Morgan fingerprint density at radius 3 is 2.26 bits per heavy atom. The summed E-state index contributed by atoms with van der Waals surface area (Å²) >= 11 is 0. The minimum atomic E-state index is -0.303. The lowest BCUT2D eigenvalue weighted by Gasteiger charge is -2.08. The third-order valence-corrected chi connectivity index (χ3v) is 4.67. The maximum atomic E-state index is 13.2. The molecule has 0 radical (unpaired) electrons. The maximum absolute atomic E-state index is 13.2. The number of anilines is 1. The van der Waals surface area contributed by atoms with Gasteiger partial charge in [0.15, 0.2) is 5.82 Å². The van der Waals surface area contributed by atoms with E-state index in [2.05, 4.69) is 20.4 Å². The van der Waals surface area contributed by atoms with Crippen molar-refractivity contribution in [1.29, 1.82) is 0 Å². The van der Waals surface area contributed by atoms with Crippen LogP contribution in [-0.2, 0) is 6.54 Å². The highest BCUT2D eigenvalue weighted by atomic mass is 16.5. The topological polar surface area (TPSA) is 91.2 Å². The van der Waals surface area contributed by atoms with Crippen molar-refractivity contribution in [2.75, 3.05) is 19.5 Å². The van der Waals surface area contributed by atoms with Crippen molar-refractivity contribution >= 4 is 11.9 Å². The number of pyridine rings is 1. The van der Waals surface area contributed by atoms with Gasteiger partial charge in [-0.1, -0.05) is 12.1 Å². The van der Waals surface area contributed by atoms with Gasteiger partial charge in [0.1, 0.15) is 11.5 Å². The van der Waals surface area contributed by atoms with Crippen molar-refractivity contribution in [1.82, 2.24) is 19.7 Å². The summed E-state index contributed by atoms with van der Waals surface area (Å²) in [6.45, 7) is 0.463. The molecule has 0 fully saturated rings. The molecule has 0 amide bonds. The van der Waals surface area contributed by atoms with Crippen LogP contribution in [0.5, 0.6) is 11.5 Å². The number of carbonyl (C=O) groups excluding carboxylic acids is 1. The molecule has 8 nitrogen and oxygen atoms in total. The van der Waals surface area contributed by atoms with Crippen LogP contribution in [0.3, 0.4) is 0 Å². The molecule has 2 aromatic heterocycles. The van der Waals surface area contributed by atoms with Gasteiger partial charge in [0.2, 0.25) is 5.95 Å². The van der Waals surface area contributed by atoms with Gasteiger partial charge in [0, 0.05) is 30.1 Å². The predicted octanol–water partition coefficient (Wildman–Crippen LogP) is 3.66. The van der Waals surface area contributed by atoms with E-state index < -0.39 is 0 Å². The normalized spacial score (nSPS) is 10.5. The Labute approximate surface area is 179 Å². The predicted molar refractivity (Wildman–Crippen MR) is 116 cm³/mol. The summed E-state index contributed by atoms with van der Waals surface area (Å²) in [6, 6.07) is 18.1. The second-order valence-corrected chi connectivity index (χ2v) is 6.65. The number of carbonyl (C=O) groups is 1. The standard InChI is InChI=1S/C23H21N5O3/c1-30-19-9-5-16(6-10-19)14-25-23-26-21(18-4-3-13-24-15-18)27-28(23)22(29)17-7-11-20(31-2)12-8-17/h3-13,15H,14H2,1-2H3,(H,25,26,27). The number of hydrogen-bond donors (Lipinski definition) is 1. The first-order chi connectivity index (χ1) is 15.2. The zero-order valence-electron chi connectivity index (χ0n) is 17.1. The van der Waals surface area contributed by atoms with E-state index in [1.54, 1.807) is 56.9 Å². The van der Waals surface area contributed by atoms with Crippen molar-refractivity contribution < 1.29 is 14.3 Å². The Balaban J connectivity index is 1.64. The quantitative estimate of drug-likeness (QED) is 0.492. The SMILES string of the molecule is COc1ccc(CNc2nc(-c3cccnc3)nn2C(=O)c2ccc(OC)cc2)cc1. The maximum Gasteiger partial charge on any atom is 0.281 e. The van der Waals surface area contributed by atoms with Gasteiger partial charge in [0.25, 0.3) is 5.91 Å². The van der Waals surface area contributed by atoms with Gasteiger partial charge in [-0.3, -0.25) is 9.78 Å². The number of aromatic nitrogens is 4. The molecule has 4 aromatic rings. The third kappa shape index (κ3) is 4.53. The Morgan fingerprint density at radius 2 is 1.65 bits per heavy atom. The smallest absolute Gasteiger partial charge is 0.281 e. The third-order valence-electron chi connectivity index (χ3n) is 4.67. The highest BCUT2D eigenvalue weighted by Crippen LogP contribution is 2.20. The molecule has 0 atom stereocenters. The minimum absolute atomic E-state index is 0.303. The summed E-state index contributed by atoms with van der Waals surface area (Å²) < 4.78 is 11.6. The molecule has 31 heavy (non-hydrogen) atoms. The fourth-order valence-electron chi connectivity index (χ4n) is 2.97.